The Balaban J connectivity index is 1.56. The summed E-state index contributed by atoms with van der Waals surface area (Å²) in [6.07, 6.45) is 1.53. The van der Waals surface area contributed by atoms with Crippen LogP contribution in [0.4, 0.5) is 5.95 Å². The fourth-order valence-corrected chi connectivity index (χ4v) is 2.70. The summed E-state index contributed by atoms with van der Waals surface area (Å²) in [4.78, 5) is 21.0. The molecule has 2 aromatic heterocycles. The van der Waals surface area contributed by atoms with Crippen molar-refractivity contribution < 1.29 is 9.32 Å². The van der Waals surface area contributed by atoms with Crippen molar-refractivity contribution in [1.82, 2.24) is 19.7 Å². The molecule has 0 spiro atoms. The Morgan fingerprint density at radius 1 is 1.31 bits per heavy atom. The van der Waals surface area contributed by atoms with Crippen LogP contribution in [-0.2, 0) is 23.7 Å². The topological polar surface area (TPSA) is 85.8 Å². The highest BCUT2D eigenvalue weighted by Gasteiger charge is 2.21. The molecule has 8 heteroatoms. The third-order valence-corrected chi connectivity index (χ3v) is 4.26. The smallest absolute Gasteiger partial charge is 0.226 e. The van der Waals surface area contributed by atoms with Crippen molar-refractivity contribution in [3.05, 3.63) is 34.9 Å². The number of nitrogens with one attached hydrogen (secondary N) is 1. The summed E-state index contributed by atoms with van der Waals surface area (Å²) < 4.78 is 7.07. The maximum Gasteiger partial charge on any atom is 0.226 e. The van der Waals surface area contributed by atoms with Gasteiger partial charge in [0.2, 0.25) is 17.7 Å². The number of halogens is 1. The Bertz CT molecular complexity index is 939. The molecule has 1 amide bonds. The van der Waals surface area contributed by atoms with Crippen molar-refractivity contribution in [2.24, 2.45) is 7.05 Å². The van der Waals surface area contributed by atoms with E-state index < -0.39 is 0 Å². The third-order valence-electron chi connectivity index (χ3n) is 4.03. The minimum absolute atomic E-state index is 0.106. The SMILES string of the molecule is Cn1c(NC(=O)CCCc2nc(C(C)(C)C)no2)nc2cc(Cl)ccc21. The van der Waals surface area contributed by atoms with Crippen molar-refractivity contribution in [2.75, 3.05) is 5.32 Å². The Hall–Kier alpha value is -2.41. The molecule has 0 bridgehead atoms. The Morgan fingerprint density at radius 2 is 2.08 bits per heavy atom. The highest BCUT2D eigenvalue weighted by atomic mass is 35.5. The monoisotopic (exact) mass is 375 g/mol. The largest absolute Gasteiger partial charge is 0.339 e. The average Bonchev–Trinajstić information content (AvgIpc) is 3.13. The van der Waals surface area contributed by atoms with Gasteiger partial charge in [-0.3, -0.25) is 10.1 Å². The molecule has 0 saturated carbocycles. The number of carbonyl (C=O) groups is 1. The highest BCUT2D eigenvalue weighted by Crippen LogP contribution is 2.22. The number of rotatable bonds is 5. The lowest BCUT2D eigenvalue weighted by Crippen LogP contribution is -2.15. The van der Waals surface area contributed by atoms with Gasteiger partial charge in [-0.1, -0.05) is 37.5 Å². The van der Waals surface area contributed by atoms with Crippen LogP contribution in [0.2, 0.25) is 5.02 Å². The lowest BCUT2D eigenvalue weighted by Gasteiger charge is -2.10. The second-order valence-corrected chi connectivity index (χ2v) is 7.73. The molecule has 0 saturated heterocycles. The molecule has 0 fully saturated rings. The quantitative estimate of drug-likeness (QED) is 0.731. The van der Waals surface area contributed by atoms with Gasteiger partial charge in [-0.05, 0) is 24.6 Å². The van der Waals surface area contributed by atoms with Gasteiger partial charge in [0, 0.05) is 30.3 Å². The second kappa shape index (κ2) is 7.07. The lowest BCUT2D eigenvalue weighted by molar-refractivity contribution is -0.116. The normalized spacial score (nSPS) is 11.9. The van der Waals surface area contributed by atoms with Gasteiger partial charge in [0.05, 0.1) is 11.0 Å². The van der Waals surface area contributed by atoms with Gasteiger partial charge in [-0.15, -0.1) is 0 Å². The van der Waals surface area contributed by atoms with Gasteiger partial charge >= 0.3 is 0 Å². The van der Waals surface area contributed by atoms with Crippen molar-refractivity contribution in [3.8, 4) is 0 Å². The Labute approximate surface area is 156 Å². The van der Waals surface area contributed by atoms with Gasteiger partial charge in [-0.2, -0.15) is 4.98 Å². The first-order valence-electron chi connectivity index (χ1n) is 8.49. The molecular formula is C18H22ClN5O2. The molecule has 138 valence electrons. The number of amides is 1. The van der Waals surface area contributed by atoms with Gasteiger partial charge in [-0.25, -0.2) is 4.98 Å². The molecule has 2 heterocycles. The molecule has 7 nitrogen and oxygen atoms in total. The summed E-state index contributed by atoms with van der Waals surface area (Å²) in [6.45, 7) is 6.08. The molecule has 0 atom stereocenters. The molecule has 3 aromatic rings. The van der Waals surface area contributed by atoms with E-state index in [1.807, 2.05) is 38.5 Å². The van der Waals surface area contributed by atoms with Crippen LogP contribution in [0.3, 0.4) is 0 Å². The van der Waals surface area contributed by atoms with E-state index in [0.717, 1.165) is 11.0 Å². The first-order chi connectivity index (χ1) is 12.2. The minimum atomic E-state index is -0.151. The maximum atomic E-state index is 12.2. The van der Waals surface area contributed by atoms with Gasteiger partial charge in [0.15, 0.2) is 5.82 Å². The van der Waals surface area contributed by atoms with Crippen LogP contribution in [0, 0.1) is 0 Å². The van der Waals surface area contributed by atoms with E-state index in [9.17, 15) is 4.79 Å². The molecule has 0 aliphatic heterocycles. The first kappa shape index (κ1) is 18.4. The zero-order chi connectivity index (χ0) is 18.9. The molecule has 3 rings (SSSR count). The number of fused-ring (bicyclic) bond motifs is 1. The predicted molar refractivity (Wildman–Crippen MR) is 100 cm³/mol. The van der Waals surface area contributed by atoms with Crippen molar-refractivity contribution >= 4 is 34.5 Å². The second-order valence-electron chi connectivity index (χ2n) is 7.29. The molecule has 0 aliphatic carbocycles. The van der Waals surface area contributed by atoms with Crippen molar-refractivity contribution in [1.29, 1.82) is 0 Å². The van der Waals surface area contributed by atoms with Crippen LogP contribution in [-0.4, -0.2) is 25.6 Å². The molecular weight excluding hydrogens is 354 g/mol. The summed E-state index contributed by atoms with van der Waals surface area (Å²) in [5.41, 5.74) is 1.50. The van der Waals surface area contributed by atoms with E-state index in [1.165, 1.54) is 0 Å². The zero-order valence-electron chi connectivity index (χ0n) is 15.3. The Morgan fingerprint density at radius 3 is 2.77 bits per heavy atom. The number of anilines is 1. The lowest BCUT2D eigenvalue weighted by atomic mass is 9.96. The molecule has 1 aromatic carbocycles. The van der Waals surface area contributed by atoms with E-state index in [-0.39, 0.29) is 11.3 Å². The summed E-state index contributed by atoms with van der Waals surface area (Å²) >= 11 is 5.99. The zero-order valence-corrected chi connectivity index (χ0v) is 16.1. The number of benzene rings is 1. The van der Waals surface area contributed by atoms with Crippen LogP contribution < -0.4 is 5.32 Å². The van der Waals surface area contributed by atoms with E-state index >= 15 is 0 Å². The summed E-state index contributed by atoms with van der Waals surface area (Å²) in [7, 11) is 1.85. The van der Waals surface area contributed by atoms with Crippen molar-refractivity contribution in [3.63, 3.8) is 0 Å². The average molecular weight is 376 g/mol. The standard InChI is InChI=1S/C18H22ClN5O2/c1-18(2,3)16-22-15(26-23-16)7-5-6-14(25)21-17-20-12-10-11(19)8-9-13(12)24(17)4/h8-10H,5-7H2,1-4H3,(H,20,21,25). The molecule has 0 radical (unpaired) electrons. The van der Waals surface area contributed by atoms with E-state index in [1.54, 1.807) is 12.1 Å². The van der Waals surface area contributed by atoms with Crippen LogP contribution in [0.5, 0.6) is 0 Å². The number of aromatic nitrogens is 4. The molecule has 0 unspecified atom stereocenters. The summed E-state index contributed by atoms with van der Waals surface area (Å²) in [5.74, 6) is 1.63. The number of nitrogens with zero attached hydrogens (tertiary/aromatic N) is 4. The number of aryl methyl sites for hydroxylation is 2. The summed E-state index contributed by atoms with van der Waals surface area (Å²) in [5, 5.41) is 7.44. The summed E-state index contributed by atoms with van der Waals surface area (Å²) in [6, 6.07) is 5.45. The fraction of sp³-hybridized carbons (Fsp3) is 0.444. The van der Waals surface area contributed by atoms with Gasteiger partial charge in [0.25, 0.3) is 0 Å². The number of hydrogen-bond donors (Lipinski definition) is 1. The third kappa shape index (κ3) is 4.04. The molecule has 26 heavy (non-hydrogen) atoms. The highest BCUT2D eigenvalue weighted by molar-refractivity contribution is 6.31. The molecule has 1 N–H and O–H groups in total. The Kier molecular flexibility index (Phi) is 5.00. The molecule has 0 aliphatic rings. The maximum absolute atomic E-state index is 12.2. The van der Waals surface area contributed by atoms with E-state index in [0.29, 0.717) is 41.9 Å². The number of hydrogen-bond acceptors (Lipinski definition) is 5. The predicted octanol–water partition coefficient (Wildman–Crippen LogP) is 3.87. The number of imidazole rings is 1. The van der Waals surface area contributed by atoms with Crippen LogP contribution >= 0.6 is 11.6 Å². The fourth-order valence-electron chi connectivity index (χ4n) is 2.53. The number of carbonyl (C=O) groups excluding carboxylic acids is 1. The van der Waals surface area contributed by atoms with Crippen LogP contribution in [0.1, 0.15) is 45.3 Å². The van der Waals surface area contributed by atoms with E-state index in [2.05, 4.69) is 20.4 Å². The minimum Gasteiger partial charge on any atom is -0.339 e. The first-order valence-corrected chi connectivity index (χ1v) is 8.87. The van der Waals surface area contributed by atoms with Crippen LogP contribution in [0.25, 0.3) is 11.0 Å². The van der Waals surface area contributed by atoms with Crippen molar-refractivity contribution in [2.45, 2.75) is 45.4 Å². The van der Waals surface area contributed by atoms with E-state index in [4.69, 9.17) is 16.1 Å². The van der Waals surface area contributed by atoms with Crippen LogP contribution in [0.15, 0.2) is 22.7 Å². The van der Waals surface area contributed by atoms with Gasteiger partial charge in [0.1, 0.15) is 0 Å². The van der Waals surface area contributed by atoms with Gasteiger partial charge < -0.3 is 9.09 Å².